The molecule has 0 fully saturated rings. The SMILES string of the molecule is CCCNc1ccnc(-c2ccc3c(c2)OCO3)n1. The van der Waals surface area contributed by atoms with Crippen molar-refractivity contribution in [1.29, 1.82) is 0 Å². The summed E-state index contributed by atoms with van der Waals surface area (Å²) in [5.74, 6) is 3.03. The lowest BCUT2D eigenvalue weighted by molar-refractivity contribution is 0.174. The highest BCUT2D eigenvalue weighted by molar-refractivity contribution is 5.62. The Kier molecular flexibility index (Phi) is 3.18. The van der Waals surface area contributed by atoms with Gasteiger partial charge in [-0.05, 0) is 30.7 Å². The highest BCUT2D eigenvalue weighted by Crippen LogP contribution is 2.35. The number of fused-ring (bicyclic) bond motifs is 1. The zero-order valence-electron chi connectivity index (χ0n) is 10.7. The summed E-state index contributed by atoms with van der Waals surface area (Å²) in [7, 11) is 0. The van der Waals surface area contributed by atoms with Crippen molar-refractivity contribution in [2.75, 3.05) is 18.7 Å². The molecular formula is C14H15N3O2. The van der Waals surface area contributed by atoms with Crippen molar-refractivity contribution in [2.45, 2.75) is 13.3 Å². The summed E-state index contributed by atoms with van der Waals surface area (Å²) in [6.45, 7) is 3.29. The first-order valence-electron chi connectivity index (χ1n) is 6.34. The number of hydrogen-bond donors (Lipinski definition) is 1. The van der Waals surface area contributed by atoms with E-state index in [-0.39, 0.29) is 6.79 Å². The molecule has 2 heterocycles. The topological polar surface area (TPSA) is 56.3 Å². The maximum atomic E-state index is 5.36. The molecule has 1 N–H and O–H groups in total. The van der Waals surface area contributed by atoms with E-state index >= 15 is 0 Å². The van der Waals surface area contributed by atoms with Crippen LogP contribution < -0.4 is 14.8 Å². The lowest BCUT2D eigenvalue weighted by Gasteiger charge is -2.06. The Bertz CT molecular complexity index is 587. The molecule has 1 aromatic carbocycles. The highest BCUT2D eigenvalue weighted by Gasteiger charge is 2.14. The standard InChI is InChI=1S/C14H15N3O2/c1-2-6-15-13-5-7-16-14(17-13)10-3-4-11-12(8-10)19-9-18-11/h3-5,7-8H,2,6,9H2,1H3,(H,15,16,17). The molecule has 0 atom stereocenters. The molecule has 0 bridgehead atoms. The van der Waals surface area contributed by atoms with Gasteiger partial charge in [0.2, 0.25) is 6.79 Å². The molecule has 0 spiro atoms. The third-order valence-electron chi connectivity index (χ3n) is 2.84. The third kappa shape index (κ3) is 2.45. The summed E-state index contributed by atoms with van der Waals surface area (Å²) in [6, 6.07) is 7.59. The van der Waals surface area contributed by atoms with Gasteiger partial charge in [-0.3, -0.25) is 0 Å². The van der Waals surface area contributed by atoms with Crippen molar-refractivity contribution in [1.82, 2.24) is 9.97 Å². The van der Waals surface area contributed by atoms with E-state index in [1.54, 1.807) is 6.20 Å². The van der Waals surface area contributed by atoms with E-state index in [0.29, 0.717) is 5.82 Å². The average Bonchev–Trinajstić information content (AvgIpc) is 2.92. The van der Waals surface area contributed by atoms with Crippen molar-refractivity contribution < 1.29 is 9.47 Å². The summed E-state index contributed by atoms with van der Waals surface area (Å²) >= 11 is 0. The second kappa shape index (κ2) is 5.14. The van der Waals surface area contributed by atoms with E-state index in [0.717, 1.165) is 35.8 Å². The third-order valence-corrected chi connectivity index (χ3v) is 2.84. The van der Waals surface area contributed by atoms with Crippen LogP contribution in [0.1, 0.15) is 13.3 Å². The zero-order chi connectivity index (χ0) is 13.1. The molecule has 5 heteroatoms. The normalized spacial score (nSPS) is 12.5. The number of hydrogen-bond acceptors (Lipinski definition) is 5. The molecule has 2 aromatic rings. The second-order valence-corrected chi connectivity index (χ2v) is 4.26. The summed E-state index contributed by atoms with van der Waals surface area (Å²) < 4.78 is 10.7. The van der Waals surface area contributed by atoms with Crippen molar-refractivity contribution in [3.05, 3.63) is 30.5 Å². The fourth-order valence-electron chi connectivity index (χ4n) is 1.88. The van der Waals surface area contributed by atoms with E-state index in [1.165, 1.54) is 0 Å². The monoisotopic (exact) mass is 257 g/mol. The number of aromatic nitrogens is 2. The predicted molar refractivity (Wildman–Crippen MR) is 72.4 cm³/mol. The Balaban J connectivity index is 1.89. The minimum atomic E-state index is 0.276. The van der Waals surface area contributed by atoms with Gasteiger partial charge in [0, 0.05) is 18.3 Å². The Morgan fingerprint density at radius 3 is 3.00 bits per heavy atom. The molecule has 0 radical (unpaired) electrons. The predicted octanol–water partition coefficient (Wildman–Crippen LogP) is 2.69. The van der Waals surface area contributed by atoms with Gasteiger partial charge >= 0.3 is 0 Å². The summed E-state index contributed by atoms with van der Waals surface area (Å²) in [5, 5.41) is 3.25. The maximum absolute atomic E-state index is 5.36. The fraction of sp³-hybridized carbons (Fsp3) is 0.286. The van der Waals surface area contributed by atoms with Crippen LogP contribution in [-0.2, 0) is 0 Å². The lowest BCUT2D eigenvalue weighted by atomic mass is 10.2. The van der Waals surface area contributed by atoms with Crippen molar-refractivity contribution >= 4 is 5.82 Å². The number of benzene rings is 1. The van der Waals surface area contributed by atoms with Crippen LogP contribution in [0.15, 0.2) is 30.5 Å². The largest absolute Gasteiger partial charge is 0.454 e. The van der Waals surface area contributed by atoms with E-state index in [1.807, 2.05) is 24.3 Å². The molecule has 5 nitrogen and oxygen atoms in total. The van der Waals surface area contributed by atoms with Crippen LogP contribution in [-0.4, -0.2) is 23.3 Å². The van der Waals surface area contributed by atoms with Gasteiger partial charge in [0.05, 0.1) is 0 Å². The van der Waals surface area contributed by atoms with Gasteiger partial charge < -0.3 is 14.8 Å². The quantitative estimate of drug-likeness (QED) is 0.912. The van der Waals surface area contributed by atoms with Crippen LogP contribution in [0.5, 0.6) is 11.5 Å². The Morgan fingerprint density at radius 2 is 2.11 bits per heavy atom. The van der Waals surface area contributed by atoms with Gasteiger partial charge in [0.1, 0.15) is 5.82 Å². The molecule has 0 saturated heterocycles. The van der Waals surface area contributed by atoms with Gasteiger partial charge in [0.25, 0.3) is 0 Å². The van der Waals surface area contributed by atoms with Crippen molar-refractivity contribution in [2.24, 2.45) is 0 Å². The number of nitrogens with zero attached hydrogens (tertiary/aromatic N) is 2. The smallest absolute Gasteiger partial charge is 0.231 e. The van der Waals surface area contributed by atoms with Crippen LogP contribution >= 0.6 is 0 Å². The van der Waals surface area contributed by atoms with Crippen molar-refractivity contribution in [3.63, 3.8) is 0 Å². The lowest BCUT2D eigenvalue weighted by Crippen LogP contribution is -2.02. The summed E-state index contributed by atoms with van der Waals surface area (Å²) in [4.78, 5) is 8.78. The second-order valence-electron chi connectivity index (χ2n) is 4.26. The Labute approximate surface area is 111 Å². The van der Waals surface area contributed by atoms with E-state index in [4.69, 9.17) is 9.47 Å². The van der Waals surface area contributed by atoms with Crippen LogP contribution in [0, 0.1) is 0 Å². The first-order chi connectivity index (χ1) is 9.36. The van der Waals surface area contributed by atoms with E-state index in [9.17, 15) is 0 Å². The minimum absolute atomic E-state index is 0.276. The molecule has 1 aliphatic heterocycles. The fourth-order valence-corrected chi connectivity index (χ4v) is 1.88. The van der Waals surface area contributed by atoms with E-state index < -0.39 is 0 Å². The molecule has 1 aliphatic rings. The minimum Gasteiger partial charge on any atom is -0.454 e. The maximum Gasteiger partial charge on any atom is 0.231 e. The summed E-state index contributed by atoms with van der Waals surface area (Å²) in [6.07, 6.45) is 2.81. The average molecular weight is 257 g/mol. The summed E-state index contributed by atoms with van der Waals surface area (Å²) in [5.41, 5.74) is 0.921. The molecule has 19 heavy (non-hydrogen) atoms. The number of anilines is 1. The van der Waals surface area contributed by atoms with Crippen LogP contribution in [0.3, 0.4) is 0 Å². The van der Waals surface area contributed by atoms with Crippen LogP contribution in [0.25, 0.3) is 11.4 Å². The van der Waals surface area contributed by atoms with Gasteiger partial charge in [-0.2, -0.15) is 0 Å². The highest BCUT2D eigenvalue weighted by atomic mass is 16.7. The molecule has 0 unspecified atom stereocenters. The van der Waals surface area contributed by atoms with Gasteiger partial charge in [-0.15, -0.1) is 0 Å². The van der Waals surface area contributed by atoms with Gasteiger partial charge in [-0.1, -0.05) is 6.92 Å². The van der Waals surface area contributed by atoms with Gasteiger partial charge in [-0.25, -0.2) is 9.97 Å². The molecular weight excluding hydrogens is 242 g/mol. The molecule has 0 amide bonds. The molecule has 0 saturated carbocycles. The van der Waals surface area contributed by atoms with Crippen molar-refractivity contribution in [3.8, 4) is 22.9 Å². The molecule has 0 aliphatic carbocycles. The number of nitrogens with one attached hydrogen (secondary N) is 1. The van der Waals surface area contributed by atoms with Crippen LogP contribution in [0.2, 0.25) is 0 Å². The first kappa shape index (κ1) is 11.8. The number of rotatable bonds is 4. The number of ether oxygens (including phenoxy) is 2. The van der Waals surface area contributed by atoms with Gasteiger partial charge in [0.15, 0.2) is 17.3 Å². The molecule has 3 rings (SSSR count). The first-order valence-corrected chi connectivity index (χ1v) is 6.34. The Morgan fingerprint density at radius 1 is 1.21 bits per heavy atom. The van der Waals surface area contributed by atoms with Crippen LogP contribution in [0.4, 0.5) is 5.82 Å². The molecule has 98 valence electrons. The Hall–Kier alpha value is -2.30. The zero-order valence-corrected chi connectivity index (χ0v) is 10.7. The molecule has 1 aromatic heterocycles. The van der Waals surface area contributed by atoms with E-state index in [2.05, 4.69) is 22.2 Å².